The lowest BCUT2D eigenvalue weighted by molar-refractivity contribution is 0.667. The van der Waals surface area contributed by atoms with Crippen LogP contribution < -0.4 is 10.6 Å². The summed E-state index contributed by atoms with van der Waals surface area (Å²) in [7, 11) is 0. The first-order chi connectivity index (χ1) is 7.42. The molecule has 1 aromatic rings. The molecule has 0 bridgehead atoms. The molecule has 1 aliphatic rings. The van der Waals surface area contributed by atoms with E-state index in [0.29, 0.717) is 0 Å². The largest absolute Gasteiger partial charge is 0.385 e. The lowest BCUT2D eigenvalue weighted by atomic mass is 9.97. The summed E-state index contributed by atoms with van der Waals surface area (Å²) in [5.74, 6) is 0. The van der Waals surface area contributed by atoms with Crippen LogP contribution in [0.5, 0.6) is 0 Å². The van der Waals surface area contributed by atoms with Gasteiger partial charge in [0.2, 0.25) is 0 Å². The summed E-state index contributed by atoms with van der Waals surface area (Å²) in [6.45, 7) is 5.45. The van der Waals surface area contributed by atoms with E-state index in [9.17, 15) is 0 Å². The molecule has 1 heterocycles. The van der Waals surface area contributed by atoms with Gasteiger partial charge < -0.3 is 10.6 Å². The van der Waals surface area contributed by atoms with Gasteiger partial charge in [-0.3, -0.25) is 0 Å². The number of hydrogen-bond acceptors (Lipinski definition) is 2. The first-order valence-electron chi connectivity index (χ1n) is 5.97. The maximum absolute atomic E-state index is 3.47. The molecule has 1 aromatic carbocycles. The molecule has 0 radical (unpaired) electrons. The van der Waals surface area contributed by atoms with Crippen LogP contribution in [0.2, 0.25) is 0 Å². The molecule has 0 saturated carbocycles. The lowest BCUT2D eigenvalue weighted by Crippen LogP contribution is -2.18. The molecule has 2 N–H and O–H groups in total. The van der Waals surface area contributed by atoms with Crippen molar-refractivity contribution < 1.29 is 0 Å². The van der Waals surface area contributed by atoms with E-state index in [0.717, 1.165) is 19.6 Å². The fourth-order valence-electron chi connectivity index (χ4n) is 2.15. The van der Waals surface area contributed by atoms with Crippen molar-refractivity contribution in [2.75, 3.05) is 18.4 Å². The van der Waals surface area contributed by atoms with Crippen molar-refractivity contribution in [3.05, 3.63) is 29.3 Å². The first kappa shape index (κ1) is 10.5. The number of rotatable bonds is 4. The molecule has 15 heavy (non-hydrogen) atoms. The fourth-order valence-corrected chi connectivity index (χ4v) is 2.15. The molecule has 0 spiro atoms. The van der Waals surface area contributed by atoms with Gasteiger partial charge in [-0.25, -0.2) is 0 Å². The molecule has 0 fully saturated rings. The van der Waals surface area contributed by atoms with Crippen molar-refractivity contribution >= 4 is 5.69 Å². The van der Waals surface area contributed by atoms with Gasteiger partial charge in [0, 0.05) is 18.8 Å². The minimum absolute atomic E-state index is 1.01. The third-order valence-electron chi connectivity index (χ3n) is 2.93. The maximum atomic E-state index is 3.47. The van der Waals surface area contributed by atoms with Crippen LogP contribution >= 0.6 is 0 Å². The van der Waals surface area contributed by atoms with Gasteiger partial charge in [0.25, 0.3) is 0 Å². The summed E-state index contributed by atoms with van der Waals surface area (Å²) in [5.41, 5.74) is 4.33. The predicted octanol–water partition coefficient (Wildman–Crippen LogP) is 2.54. The van der Waals surface area contributed by atoms with Crippen LogP contribution in [0, 0.1) is 0 Å². The van der Waals surface area contributed by atoms with Crippen molar-refractivity contribution in [3.8, 4) is 0 Å². The van der Waals surface area contributed by atoms with Gasteiger partial charge in [-0.1, -0.05) is 19.1 Å². The smallest absolute Gasteiger partial charge is 0.0375 e. The third kappa shape index (κ3) is 2.51. The van der Waals surface area contributed by atoms with Crippen LogP contribution in [0.25, 0.3) is 0 Å². The van der Waals surface area contributed by atoms with Gasteiger partial charge in [-0.05, 0) is 43.0 Å². The Hall–Kier alpha value is -1.02. The Kier molecular flexibility index (Phi) is 3.62. The van der Waals surface area contributed by atoms with E-state index in [2.05, 4.69) is 35.8 Å². The van der Waals surface area contributed by atoms with Gasteiger partial charge in [0.15, 0.2) is 0 Å². The number of benzene rings is 1. The number of nitrogens with one attached hydrogen (secondary N) is 2. The van der Waals surface area contributed by atoms with Crippen LogP contribution in [-0.4, -0.2) is 13.1 Å². The monoisotopic (exact) mass is 204 g/mol. The van der Waals surface area contributed by atoms with Crippen molar-refractivity contribution in [2.24, 2.45) is 0 Å². The van der Waals surface area contributed by atoms with Crippen LogP contribution in [-0.2, 0) is 13.0 Å². The quantitative estimate of drug-likeness (QED) is 0.736. The average Bonchev–Trinajstić information content (AvgIpc) is 2.30. The van der Waals surface area contributed by atoms with E-state index in [1.165, 1.54) is 36.1 Å². The second-order valence-corrected chi connectivity index (χ2v) is 4.15. The zero-order valence-corrected chi connectivity index (χ0v) is 9.47. The number of fused-ring (bicyclic) bond motifs is 1. The van der Waals surface area contributed by atoms with Crippen molar-refractivity contribution in [3.63, 3.8) is 0 Å². The Labute approximate surface area is 92.1 Å². The van der Waals surface area contributed by atoms with E-state index >= 15 is 0 Å². The summed E-state index contributed by atoms with van der Waals surface area (Å²) in [6, 6.07) is 6.59. The SMILES string of the molecule is CCCNCc1cccc2c1CCCN2. The normalized spacial score (nSPS) is 14.5. The highest BCUT2D eigenvalue weighted by Gasteiger charge is 2.11. The summed E-state index contributed by atoms with van der Waals surface area (Å²) in [6.07, 6.45) is 3.69. The molecule has 0 aromatic heterocycles. The zero-order chi connectivity index (χ0) is 10.5. The Balaban J connectivity index is 2.09. The maximum Gasteiger partial charge on any atom is 0.0375 e. The Morgan fingerprint density at radius 1 is 1.40 bits per heavy atom. The lowest BCUT2D eigenvalue weighted by Gasteiger charge is -2.21. The van der Waals surface area contributed by atoms with E-state index in [1.54, 1.807) is 0 Å². The highest BCUT2D eigenvalue weighted by molar-refractivity contribution is 5.56. The molecule has 0 amide bonds. The molecule has 0 atom stereocenters. The Bertz CT molecular complexity index is 320. The third-order valence-corrected chi connectivity index (χ3v) is 2.93. The average molecular weight is 204 g/mol. The molecule has 0 saturated heterocycles. The van der Waals surface area contributed by atoms with Crippen molar-refractivity contribution in [1.29, 1.82) is 0 Å². The summed E-state index contributed by atoms with van der Waals surface area (Å²) in [4.78, 5) is 0. The molecule has 0 aliphatic carbocycles. The highest BCUT2D eigenvalue weighted by Crippen LogP contribution is 2.24. The standard InChI is InChI=1S/C13H20N2/c1-2-8-14-10-11-5-3-7-13-12(11)6-4-9-15-13/h3,5,7,14-15H,2,4,6,8-10H2,1H3. The molecule has 2 nitrogen and oxygen atoms in total. The molecule has 82 valence electrons. The van der Waals surface area contributed by atoms with Gasteiger partial charge >= 0.3 is 0 Å². The van der Waals surface area contributed by atoms with E-state index in [-0.39, 0.29) is 0 Å². The Morgan fingerprint density at radius 3 is 3.20 bits per heavy atom. The zero-order valence-electron chi connectivity index (χ0n) is 9.47. The second-order valence-electron chi connectivity index (χ2n) is 4.15. The minimum Gasteiger partial charge on any atom is -0.385 e. The summed E-state index contributed by atoms with van der Waals surface area (Å²) in [5, 5.41) is 6.94. The van der Waals surface area contributed by atoms with Crippen LogP contribution in [0.15, 0.2) is 18.2 Å². The molecule has 2 rings (SSSR count). The molecule has 2 heteroatoms. The van der Waals surface area contributed by atoms with E-state index in [1.807, 2.05) is 0 Å². The van der Waals surface area contributed by atoms with Crippen molar-refractivity contribution in [2.45, 2.75) is 32.7 Å². The van der Waals surface area contributed by atoms with Crippen LogP contribution in [0.1, 0.15) is 30.9 Å². The summed E-state index contributed by atoms with van der Waals surface area (Å²) < 4.78 is 0. The van der Waals surface area contributed by atoms with Crippen LogP contribution in [0.4, 0.5) is 5.69 Å². The topological polar surface area (TPSA) is 24.1 Å². The number of hydrogen-bond donors (Lipinski definition) is 2. The first-order valence-corrected chi connectivity index (χ1v) is 5.97. The number of anilines is 1. The molecule has 1 aliphatic heterocycles. The van der Waals surface area contributed by atoms with Crippen LogP contribution in [0.3, 0.4) is 0 Å². The predicted molar refractivity (Wildman–Crippen MR) is 65.3 cm³/mol. The van der Waals surface area contributed by atoms with Gasteiger partial charge in [0.1, 0.15) is 0 Å². The highest BCUT2D eigenvalue weighted by atomic mass is 14.9. The van der Waals surface area contributed by atoms with E-state index < -0.39 is 0 Å². The van der Waals surface area contributed by atoms with Gasteiger partial charge in [0.05, 0.1) is 0 Å². The summed E-state index contributed by atoms with van der Waals surface area (Å²) >= 11 is 0. The Morgan fingerprint density at radius 2 is 2.33 bits per heavy atom. The minimum atomic E-state index is 1.01. The van der Waals surface area contributed by atoms with Gasteiger partial charge in [-0.2, -0.15) is 0 Å². The molecule has 0 unspecified atom stereocenters. The molecular formula is C13H20N2. The second kappa shape index (κ2) is 5.17. The van der Waals surface area contributed by atoms with Crippen molar-refractivity contribution in [1.82, 2.24) is 5.32 Å². The van der Waals surface area contributed by atoms with E-state index in [4.69, 9.17) is 0 Å². The fraction of sp³-hybridized carbons (Fsp3) is 0.538. The van der Waals surface area contributed by atoms with Gasteiger partial charge in [-0.15, -0.1) is 0 Å². The molecular weight excluding hydrogens is 184 g/mol.